The Morgan fingerprint density at radius 3 is 0.897 bits per heavy atom. The number of hydrogen-bond donors (Lipinski definition) is 25. The first-order valence-corrected chi connectivity index (χ1v) is 31.2. The Morgan fingerprint density at radius 2 is 0.536 bits per heavy atom. The summed E-state index contributed by atoms with van der Waals surface area (Å²) < 4.78 is 92.8. The highest BCUT2D eigenvalue weighted by molar-refractivity contribution is 5.01. The van der Waals surface area contributed by atoms with E-state index in [1.807, 2.05) is 0 Å². The molecule has 40 unspecified atom stereocenters. The van der Waals surface area contributed by atoms with Crippen LogP contribution in [0.4, 0.5) is 0 Å². The van der Waals surface area contributed by atoms with Crippen molar-refractivity contribution in [2.75, 3.05) is 66.0 Å². The summed E-state index contributed by atoms with van der Waals surface area (Å²) in [7, 11) is 0. The Labute approximate surface area is 548 Å². The lowest BCUT2D eigenvalue weighted by atomic mass is 9.95. The number of hydrogen-bond acceptors (Lipinski definition) is 42. The average molecular weight is 1430 g/mol. The predicted octanol–water partition coefficient (Wildman–Crippen LogP) is -15.9. The van der Waals surface area contributed by atoms with E-state index in [0.717, 1.165) is 0 Å². The van der Waals surface area contributed by atoms with E-state index in [0.29, 0.717) is 12.8 Å². The van der Waals surface area contributed by atoms with E-state index in [9.17, 15) is 128 Å². The van der Waals surface area contributed by atoms with Crippen LogP contribution in [-0.2, 0) is 75.8 Å². The van der Waals surface area contributed by atoms with Crippen LogP contribution in [0, 0.1) is 0 Å². The Bertz CT molecular complexity index is 2390. The maximum Gasteiger partial charge on any atom is 0.187 e. The van der Waals surface area contributed by atoms with E-state index in [1.54, 1.807) is 0 Å². The quantitative estimate of drug-likeness (QED) is 0.0143. The number of nitrogens with zero attached hydrogens (tertiary/aromatic N) is 3. The molecule has 8 heterocycles. The molecule has 25 N–H and O–H groups in total. The average Bonchev–Trinajstić information content (AvgIpc) is 0.791. The van der Waals surface area contributed by atoms with Gasteiger partial charge >= 0.3 is 0 Å². The van der Waals surface area contributed by atoms with E-state index in [4.69, 9.17) is 81.3 Å². The van der Waals surface area contributed by atoms with E-state index in [2.05, 4.69) is 10.0 Å². The van der Waals surface area contributed by atoms with Gasteiger partial charge < -0.3 is 203 Å². The fourth-order valence-electron chi connectivity index (χ4n) is 12.0. The molecule has 564 valence electrons. The van der Waals surface area contributed by atoms with E-state index < -0.39 is 299 Å². The summed E-state index contributed by atoms with van der Waals surface area (Å²) in [6.45, 7) is -8.17. The first-order chi connectivity index (χ1) is 46.2. The molecular formula is C53H91N3O41. The third-order valence-corrected chi connectivity index (χ3v) is 17.9. The Hall–Kier alpha value is -2.33. The summed E-state index contributed by atoms with van der Waals surface area (Å²) in [6, 6.07) is 0. The Kier molecular flexibility index (Phi) is 30.2. The zero-order chi connectivity index (χ0) is 71.0. The summed E-state index contributed by atoms with van der Waals surface area (Å²) in [5, 5.41) is 275. The molecule has 0 bridgehead atoms. The largest absolute Gasteiger partial charge is 0.394 e. The van der Waals surface area contributed by atoms with Crippen molar-refractivity contribution in [2.45, 2.75) is 265 Å². The van der Waals surface area contributed by atoms with Crippen molar-refractivity contribution in [1.82, 2.24) is 0 Å². The smallest absolute Gasteiger partial charge is 0.187 e. The molecule has 8 saturated heterocycles. The molecule has 0 radical (unpaired) electrons. The van der Waals surface area contributed by atoms with Crippen LogP contribution < -0.4 is 0 Å². The minimum atomic E-state index is -2.30. The molecule has 8 aliphatic rings. The third-order valence-electron chi connectivity index (χ3n) is 17.9. The van der Waals surface area contributed by atoms with Gasteiger partial charge in [0.25, 0.3) is 0 Å². The maximum absolute atomic E-state index is 12.2. The number of aliphatic hydroxyl groups is 25. The van der Waals surface area contributed by atoms with E-state index in [-0.39, 0.29) is 19.6 Å². The minimum absolute atomic E-state index is 0.0904. The number of ether oxygens (including phenoxy) is 16. The molecule has 44 heteroatoms. The lowest BCUT2D eigenvalue weighted by Gasteiger charge is -2.50. The van der Waals surface area contributed by atoms with Crippen molar-refractivity contribution in [2.24, 2.45) is 5.11 Å². The molecule has 44 nitrogen and oxygen atoms in total. The van der Waals surface area contributed by atoms with Crippen LogP contribution in [0.25, 0.3) is 10.4 Å². The van der Waals surface area contributed by atoms with Crippen molar-refractivity contribution in [1.29, 1.82) is 0 Å². The Balaban J connectivity index is 1.07. The summed E-state index contributed by atoms with van der Waals surface area (Å²) in [5.41, 5.74) is 8.72. The van der Waals surface area contributed by atoms with Gasteiger partial charge in [-0.1, -0.05) is 11.5 Å². The van der Waals surface area contributed by atoms with Gasteiger partial charge in [-0.05, 0) is 18.4 Å². The number of azide groups is 1. The van der Waals surface area contributed by atoms with Crippen LogP contribution in [0.5, 0.6) is 0 Å². The molecule has 0 aromatic heterocycles. The number of aliphatic hydroxyl groups excluding tert-OH is 25. The molecule has 0 aliphatic carbocycles. The van der Waals surface area contributed by atoms with Crippen LogP contribution in [0.3, 0.4) is 0 Å². The van der Waals surface area contributed by atoms with Crippen LogP contribution in [0.1, 0.15) is 19.3 Å². The zero-order valence-electron chi connectivity index (χ0n) is 51.3. The van der Waals surface area contributed by atoms with Crippen molar-refractivity contribution >= 4 is 0 Å². The minimum Gasteiger partial charge on any atom is -0.394 e. The molecule has 0 saturated carbocycles. The molecule has 97 heavy (non-hydrogen) atoms. The predicted molar refractivity (Wildman–Crippen MR) is 296 cm³/mol. The maximum atomic E-state index is 12.2. The number of rotatable bonds is 29. The SMILES string of the molecule is [N-]=[N+]=NCCCCCOC1OC(COC2OC(COC3OC(CO)C(O)C(O)C3OC3OC(CO)C(O)C(O)C3O)C(O)C(OC3OC(CO)C(O)C(O)C3O)C2O)C(O)C(OC2OC(CO)C(O)C(O)C2OC2OC(CO)C(O)C(O)C2OC2OC(CO)C(O)C(O)C2O)C1O. The van der Waals surface area contributed by atoms with Gasteiger partial charge in [-0.15, -0.1) is 0 Å². The fraction of sp³-hybridized carbons (Fsp3) is 1.00. The first kappa shape index (κ1) is 80.4. The van der Waals surface area contributed by atoms with Crippen LogP contribution in [0.2, 0.25) is 0 Å². The molecule has 0 amide bonds. The lowest BCUT2D eigenvalue weighted by molar-refractivity contribution is -0.404. The van der Waals surface area contributed by atoms with Gasteiger partial charge in [0.2, 0.25) is 0 Å². The molecule has 0 spiro atoms. The fourth-order valence-corrected chi connectivity index (χ4v) is 12.0. The first-order valence-electron chi connectivity index (χ1n) is 31.2. The van der Waals surface area contributed by atoms with Gasteiger partial charge in [0, 0.05) is 18.1 Å². The molecule has 40 atom stereocenters. The summed E-state index contributed by atoms with van der Waals surface area (Å²) in [5.74, 6) is 0. The highest BCUT2D eigenvalue weighted by Gasteiger charge is 2.59. The Morgan fingerprint density at radius 1 is 0.258 bits per heavy atom. The van der Waals surface area contributed by atoms with Crippen molar-refractivity contribution in [3.8, 4) is 0 Å². The van der Waals surface area contributed by atoms with E-state index >= 15 is 0 Å². The van der Waals surface area contributed by atoms with E-state index in [1.165, 1.54) is 0 Å². The molecule has 0 aromatic carbocycles. The second-order valence-corrected chi connectivity index (χ2v) is 24.3. The molecular weight excluding hydrogens is 1330 g/mol. The van der Waals surface area contributed by atoms with Crippen LogP contribution in [-0.4, -0.2) is 439 Å². The highest BCUT2D eigenvalue weighted by Crippen LogP contribution is 2.38. The lowest BCUT2D eigenvalue weighted by Crippen LogP contribution is -2.68. The molecule has 0 aromatic rings. The standard InChI is InChI=1S/C53H91N3O41/c54-56-55-4-2-1-3-5-82-46-39(80)42(94-52-45(35(76)27(68)18(10-61)89-52)97-53-44(34(75)26(67)19(11-62)90-53)96-50-38(79)32(73)24(65)16(8-59)87-50)29(70)20(91-46)12-83-47-40(81)41(93-48-36(77)30(71)22(63)14(6-57)85-48)28(69)21(92-47)13-84-51-43(33(74)25(66)17(9-60)88-51)95-49-37(78)31(72)23(64)15(7-58)86-49/h14-53,57-81H,1-13H2. The summed E-state index contributed by atoms with van der Waals surface area (Å²) in [4.78, 5) is 2.69. The van der Waals surface area contributed by atoms with Gasteiger partial charge in [-0.2, -0.15) is 0 Å². The monoisotopic (exact) mass is 1430 g/mol. The third kappa shape index (κ3) is 18.1. The van der Waals surface area contributed by atoms with Gasteiger partial charge in [0.15, 0.2) is 50.3 Å². The summed E-state index contributed by atoms with van der Waals surface area (Å²) in [6.07, 6.45) is -80.0. The molecule has 8 rings (SSSR count). The van der Waals surface area contributed by atoms with Crippen molar-refractivity contribution in [3.63, 3.8) is 0 Å². The van der Waals surface area contributed by atoms with Gasteiger partial charge in [-0.3, -0.25) is 0 Å². The van der Waals surface area contributed by atoms with Crippen molar-refractivity contribution in [3.05, 3.63) is 10.4 Å². The molecule has 8 aliphatic heterocycles. The van der Waals surface area contributed by atoms with Gasteiger partial charge in [0.1, 0.15) is 195 Å². The topological polar surface area (TPSA) is 702 Å². The van der Waals surface area contributed by atoms with Gasteiger partial charge in [-0.25, -0.2) is 0 Å². The van der Waals surface area contributed by atoms with Crippen LogP contribution in [0.15, 0.2) is 5.11 Å². The van der Waals surface area contributed by atoms with Gasteiger partial charge in [0.05, 0.1) is 52.9 Å². The number of unbranched alkanes of at least 4 members (excludes halogenated alkanes) is 2. The second kappa shape index (κ2) is 36.4. The molecule has 8 fully saturated rings. The highest BCUT2D eigenvalue weighted by atomic mass is 16.8. The zero-order valence-corrected chi connectivity index (χ0v) is 51.3. The second-order valence-electron chi connectivity index (χ2n) is 24.3. The van der Waals surface area contributed by atoms with Crippen LogP contribution >= 0.6 is 0 Å². The normalized spacial score (nSPS) is 50.0. The summed E-state index contributed by atoms with van der Waals surface area (Å²) >= 11 is 0. The van der Waals surface area contributed by atoms with Crippen molar-refractivity contribution < 1.29 is 203 Å².